The van der Waals surface area contributed by atoms with Crippen molar-refractivity contribution in [2.75, 3.05) is 0 Å². The Bertz CT molecular complexity index is 348. The van der Waals surface area contributed by atoms with Crippen molar-refractivity contribution in [1.82, 2.24) is 14.8 Å². The van der Waals surface area contributed by atoms with E-state index >= 15 is 0 Å². The minimum absolute atomic E-state index is 0.198. The van der Waals surface area contributed by atoms with Gasteiger partial charge in [0.15, 0.2) is 0 Å². The second kappa shape index (κ2) is 3.40. The van der Waals surface area contributed by atoms with Crippen LogP contribution in [-0.2, 0) is 11.8 Å². The van der Waals surface area contributed by atoms with Crippen LogP contribution >= 0.6 is 0 Å². The van der Waals surface area contributed by atoms with Crippen LogP contribution in [0.15, 0.2) is 6.33 Å². The van der Waals surface area contributed by atoms with Crippen molar-refractivity contribution in [1.29, 1.82) is 0 Å². The first-order chi connectivity index (χ1) is 6.68. The minimum Gasteiger partial charge on any atom is -0.481 e. The highest BCUT2D eigenvalue weighted by molar-refractivity contribution is 5.70. The molecule has 0 bridgehead atoms. The maximum atomic E-state index is 10.8. The van der Waals surface area contributed by atoms with E-state index in [1.807, 2.05) is 7.05 Å². The third-order valence-electron chi connectivity index (χ3n) is 2.89. The first-order valence-corrected chi connectivity index (χ1v) is 4.75. The average molecular weight is 195 g/mol. The van der Waals surface area contributed by atoms with Crippen molar-refractivity contribution in [2.24, 2.45) is 13.0 Å². The molecule has 1 N–H and O–H groups in total. The van der Waals surface area contributed by atoms with Gasteiger partial charge in [0, 0.05) is 13.0 Å². The summed E-state index contributed by atoms with van der Waals surface area (Å²) in [5, 5.41) is 12.8. The number of aromatic nitrogens is 3. The van der Waals surface area contributed by atoms with Crippen LogP contribution in [0.3, 0.4) is 0 Å². The van der Waals surface area contributed by atoms with E-state index in [1.165, 1.54) is 6.33 Å². The van der Waals surface area contributed by atoms with Crippen LogP contribution < -0.4 is 0 Å². The Morgan fingerprint density at radius 2 is 2.43 bits per heavy atom. The first kappa shape index (κ1) is 9.18. The van der Waals surface area contributed by atoms with Crippen LogP contribution in [-0.4, -0.2) is 25.8 Å². The zero-order valence-corrected chi connectivity index (χ0v) is 8.05. The second-order valence-electron chi connectivity index (χ2n) is 3.79. The quantitative estimate of drug-likeness (QED) is 0.757. The fourth-order valence-electron chi connectivity index (χ4n) is 2.12. The Labute approximate surface area is 81.8 Å². The standard InChI is InChI=1S/C9H13N3O2/c1-12-8(10-5-11-12)6-2-3-7(4-6)9(13)14/h5-7H,2-4H2,1H3,(H,13,14). The molecule has 0 amide bonds. The van der Waals surface area contributed by atoms with Crippen molar-refractivity contribution < 1.29 is 9.90 Å². The topological polar surface area (TPSA) is 68.0 Å². The number of hydrogen-bond acceptors (Lipinski definition) is 3. The molecule has 0 saturated heterocycles. The summed E-state index contributed by atoms with van der Waals surface area (Å²) in [6.45, 7) is 0. The van der Waals surface area contributed by atoms with Crippen molar-refractivity contribution in [3.63, 3.8) is 0 Å². The van der Waals surface area contributed by atoms with Crippen LogP contribution in [0, 0.1) is 5.92 Å². The van der Waals surface area contributed by atoms with Gasteiger partial charge in [-0.1, -0.05) is 0 Å². The third-order valence-corrected chi connectivity index (χ3v) is 2.89. The van der Waals surface area contributed by atoms with Gasteiger partial charge in [-0.3, -0.25) is 9.48 Å². The molecule has 1 heterocycles. The molecule has 1 aliphatic carbocycles. The molecule has 0 radical (unpaired) electrons. The number of nitrogens with zero attached hydrogens (tertiary/aromatic N) is 3. The van der Waals surface area contributed by atoms with Gasteiger partial charge < -0.3 is 5.11 Å². The summed E-state index contributed by atoms with van der Waals surface area (Å²) < 4.78 is 1.73. The fraction of sp³-hybridized carbons (Fsp3) is 0.667. The third kappa shape index (κ3) is 1.49. The number of rotatable bonds is 2. The molecule has 1 saturated carbocycles. The van der Waals surface area contributed by atoms with E-state index in [-0.39, 0.29) is 11.8 Å². The van der Waals surface area contributed by atoms with Gasteiger partial charge >= 0.3 is 5.97 Å². The first-order valence-electron chi connectivity index (χ1n) is 4.75. The van der Waals surface area contributed by atoms with Crippen molar-refractivity contribution >= 4 is 5.97 Å². The predicted molar refractivity (Wildman–Crippen MR) is 48.7 cm³/mol. The Balaban J connectivity index is 2.10. The van der Waals surface area contributed by atoms with Crippen LogP contribution in [0.2, 0.25) is 0 Å². The molecule has 0 aromatic carbocycles. The maximum absolute atomic E-state index is 10.8. The van der Waals surface area contributed by atoms with E-state index in [0.29, 0.717) is 6.42 Å². The zero-order valence-electron chi connectivity index (χ0n) is 8.05. The summed E-state index contributed by atoms with van der Waals surface area (Å²) in [5.41, 5.74) is 0. The molecule has 5 nitrogen and oxygen atoms in total. The molecule has 1 fully saturated rings. The number of carbonyl (C=O) groups is 1. The van der Waals surface area contributed by atoms with Gasteiger partial charge in [-0.15, -0.1) is 0 Å². The number of aryl methyl sites for hydroxylation is 1. The van der Waals surface area contributed by atoms with E-state index < -0.39 is 5.97 Å². The van der Waals surface area contributed by atoms with E-state index in [4.69, 9.17) is 5.11 Å². The Morgan fingerprint density at radius 1 is 1.64 bits per heavy atom. The highest BCUT2D eigenvalue weighted by Crippen LogP contribution is 2.36. The minimum atomic E-state index is -0.685. The normalized spacial score (nSPS) is 26.6. The molecule has 0 spiro atoms. The predicted octanol–water partition coefficient (Wildman–Crippen LogP) is 0.783. The molecular weight excluding hydrogens is 182 g/mol. The van der Waals surface area contributed by atoms with Gasteiger partial charge in [0.1, 0.15) is 12.2 Å². The highest BCUT2D eigenvalue weighted by Gasteiger charge is 2.32. The molecule has 1 aliphatic rings. The van der Waals surface area contributed by atoms with Crippen molar-refractivity contribution in [3.8, 4) is 0 Å². The Kier molecular flexibility index (Phi) is 2.23. The van der Waals surface area contributed by atoms with Crippen LogP contribution in [0.5, 0.6) is 0 Å². The van der Waals surface area contributed by atoms with Crippen LogP contribution in [0.25, 0.3) is 0 Å². The van der Waals surface area contributed by atoms with Crippen molar-refractivity contribution in [2.45, 2.75) is 25.2 Å². The fourth-order valence-corrected chi connectivity index (χ4v) is 2.12. The summed E-state index contributed by atoms with van der Waals surface area (Å²) in [6, 6.07) is 0. The SMILES string of the molecule is Cn1ncnc1C1CCC(C(=O)O)C1. The lowest BCUT2D eigenvalue weighted by molar-refractivity contribution is -0.141. The van der Waals surface area contributed by atoms with E-state index in [0.717, 1.165) is 18.7 Å². The van der Waals surface area contributed by atoms with Gasteiger partial charge in [0.05, 0.1) is 5.92 Å². The molecular formula is C9H13N3O2. The van der Waals surface area contributed by atoms with Crippen molar-refractivity contribution in [3.05, 3.63) is 12.2 Å². The van der Waals surface area contributed by atoms with Crippen LogP contribution in [0.4, 0.5) is 0 Å². The van der Waals surface area contributed by atoms with Crippen LogP contribution in [0.1, 0.15) is 31.0 Å². The Morgan fingerprint density at radius 3 is 2.93 bits per heavy atom. The highest BCUT2D eigenvalue weighted by atomic mass is 16.4. The molecule has 1 aromatic rings. The summed E-state index contributed by atoms with van der Waals surface area (Å²) in [7, 11) is 1.84. The largest absolute Gasteiger partial charge is 0.481 e. The number of hydrogen-bond donors (Lipinski definition) is 1. The molecule has 2 atom stereocenters. The smallest absolute Gasteiger partial charge is 0.306 e. The van der Waals surface area contributed by atoms with Gasteiger partial charge in [0.2, 0.25) is 0 Å². The number of carboxylic acids is 1. The molecule has 0 aliphatic heterocycles. The lowest BCUT2D eigenvalue weighted by Crippen LogP contribution is -2.10. The van der Waals surface area contributed by atoms with Gasteiger partial charge in [-0.05, 0) is 19.3 Å². The molecule has 1 aromatic heterocycles. The monoisotopic (exact) mass is 195 g/mol. The maximum Gasteiger partial charge on any atom is 0.306 e. The average Bonchev–Trinajstić information content (AvgIpc) is 2.71. The van der Waals surface area contributed by atoms with Gasteiger partial charge in [-0.25, -0.2) is 4.98 Å². The summed E-state index contributed by atoms with van der Waals surface area (Å²) in [5.74, 6) is 0.295. The lowest BCUT2D eigenvalue weighted by Gasteiger charge is -2.07. The van der Waals surface area contributed by atoms with E-state index in [1.54, 1.807) is 4.68 Å². The molecule has 5 heteroatoms. The summed E-state index contributed by atoms with van der Waals surface area (Å²) in [4.78, 5) is 14.9. The number of carboxylic acid groups (broad SMARTS) is 1. The molecule has 2 unspecified atom stereocenters. The lowest BCUT2D eigenvalue weighted by atomic mass is 10.0. The van der Waals surface area contributed by atoms with E-state index in [9.17, 15) is 4.79 Å². The second-order valence-corrected chi connectivity index (χ2v) is 3.79. The van der Waals surface area contributed by atoms with Gasteiger partial charge in [-0.2, -0.15) is 5.10 Å². The number of aliphatic carboxylic acids is 1. The molecule has 14 heavy (non-hydrogen) atoms. The zero-order chi connectivity index (χ0) is 10.1. The summed E-state index contributed by atoms with van der Waals surface area (Å²) in [6.07, 6.45) is 3.88. The summed E-state index contributed by atoms with van der Waals surface area (Å²) >= 11 is 0. The Hall–Kier alpha value is -1.39. The van der Waals surface area contributed by atoms with Gasteiger partial charge in [0.25, 0.3) is 0 Å². The molecule has 76 valence electrons. The van der Waals surface area contributed by atoms with E-state index in [2.05, 4.69) is 10.1 Å². The molecule has 2 rings (SSSR count).